The van der Waals surface area contributed by atoms with Crippen LogP contribution in [0.4, 0.5) is 4.79 Å². The van der Waals surface area contributed by atoms with Crippen molar-refractivity contribution in [3.05, 3.63) is 63.5 Å². The lowest BCUT2D eigenvalue weighted by atomic mass is 10.2. The van der Waals surface area contributed by atoms with Crippen LogP contribution in [0.2, 0.25) is 10.0 Å². The molecule has 4 nitrogen and oxygen atoms in total. The zero-order chi connectivity index (χ0) is 19.0. The van der Waals surface area contributed by atoms with E-state index in [0.717, 1.165) is 22.2 Å². The van der Waals surface area contributed by atoms with E-state index in [9.17, 15) is 14.7 Å². The third kappa shape index (κ3) is 4.32. The lowest BCUT2D eigenvalue weighted by molar-refractivity contribution is -0.123. The lowest BCUT2D eigenvalue weighted by Crippen LogP contribution is -2.27. The van der Waals surface area contributed by atoms with Crippen molar-refractivity contribution < 1.29 is 14.7 Å². The van der Waals surface area contributed by atoms with Crippen LogP contribution in [-0.2, 0) is 11.3 Å². The van der Waals surface area contributed by atoms with E-state index in [1.54, 1.807) is 36.4 Å². The second kappa shape index (κ2) is 8.26. The quantitative estimate of drug-likeness (QED) is 0.327. The SMILES string of the molecule is O=C1S/C(=C\c2cc(I)c(O)c(I)c2)C(=O)N1Cc1ccc(Cl)cc1Cl. The molecule has 1 N–H and O–H groups in total. The average Bonchev–Trinajstić information content (AvgIpc) is 2.82. The number of amides is 2. The van der Waals surface area contributed by atoms with E-state index in [4.69, 9.17) is 23.2 Å². The first kappa shape index (κ1) is 20.2. The standard InChI is InChI=1S/C17H9Cl2I2NO3S/c18-10-2-1-9(11(19)6-10)7-22-16(24)14(26-17(22)25)5-8-3-12(20)15(23)13(21)4-8/h1-6,23H,7H2/b14-5-. The fourth-order valence-electron chi connectivity index (χ4n) is 2.28. The Hall–Kier alpha value is -0.490. The molecular weight excluding hydrogens is 623 g/mol. The van der Waals surface area contributed by atoms with Crippen molar-refractivity contribution in [2.75, 3.05) is 0 Å². The molecule has 1 aliphatic heterocycles. The number of imide groups is 1. The minimum absolute atomic E-state index is 0.0860. The first-order valence-electron chi connectivity index (χ1n) is 7.13. The van der Waals surface area contributed by atoms with Gasteiger partial charge in [0.25, 0.3) is 11.1 Å². The molecule has 1 fully saturated rings. The number of aromatic hydroxyl groups is 1. The molecule has 0 saturated carbocycles. The van der Waals surface area contributed by atoms with Gasteiger partial charge in [-0.1, -0.05) is 29.3 Å². The number of carbonyl (C=O) groups is 2. The summed E-state index contributed by atoms with van der Waals surface area (Å²) in [5.41, 5.74) is 1.39. The maximum atomic E-state index is 12.6. The molecule has 0 aliphatic carbocycles. The van der Waals surface area contributed by atoms with Crippen molar-refractivity contribution in [1.29, 1.82) is 0 Å². The summed E-state index contributed by atoms with van der Waals surface area (Å²) >= 11 is 16.9. The van der Waals surface area contributed by atoms with Gasteiger partial charge in [0.05, 0.1) is 18.6 Å². The molecule has 1 aliphatic rings. The summed E-state index contributed by atoms with van der Waals surface area (Å²) in [7, 11) is 0. The third-order valence-electron chi connectivity index (χ3n) is 3.55. The molecule has 0 bridgehead atoms. The average molecular weight is 632 g/mol. The van der Waals surface area contributed by atoms with Crippen LogP contribution in [0.1, 0.15) is 11.1 Å². The van der Waals surface area contributed by atoms with E-state index >= 15 is 0 Å². The summed E-state index contributed by atoms with van der Waals surface area (Å²) in [5, 5.41) is 10.4. The third-order valence-corrected chi connectivity index (χ3v) is 6.69. The van der Waals surface area contributed by atoms with Crippen molar-refractivity contribution in [3.63, 3.8) is 0 Å². The van der Waals surface area contributed by atoms with Crippen LogP contribution in [0.25, 0.3) is 6.08 Å². The Kier molecular flexibility index (Phi) is 6.43. The van der Waals surface area contributed by atoms with Crippen LogP contribution in [0.15, 0.2) is 35.2 Å². The predicted molar refractivity (Wildman–Crippen MR) is 122 cm³/mol. The van der Waals surface area contributed by atoms with Gasteiger partial charge in [-0.3, -0.25) is 14.5 Å². The van der Waals surface area contributed by atoms with E-state index in [-0.39, 0.29) is 23.4 Å². The molecule has 2 aromatic carbocycles. The number of rotatable bonds is 3. The van der Waals surface area contributed by atoms with Crippen molar-refractivity contribution in [2.45, 2.75) is 6.54 Å². The fourth-order valence-corrected chi connectivity index (χ4v) is 5.40. The van der Waals surface area contributed by atoms with Gasteiger partial charge < -0.3 is 5.11 Å². The number of carbonyl (C=O) groups excluding carboxylic acids is 2. The minimum atomic E-state index is -0.371. The molecule has 2 aromatic rings. The maximum Gasteiger partial charge on any atom is 0.293 e. The van der Waals surface area contributed by atoms with Gasteiger partial charge in [-0.25, -0.2) is 0 Å². The molecule has 0 aromatic heterocycles. The van der Waals surface area contributed by atoms with E-state index in [0.29, 0.717) is 27.7 Å². The Labute approximate surface area is 191 Å². The Bertz CT molecular complexity index is 942. The van der Waals surface area contributed by atoms with Gasteiger partial charge in [0.15, 0.2) is 0 Å². The highest BCUT2D eigenvalue weighted by atomic mass is 127. The van der Waals surface area contributed by atoms with Gasteiger partial charge in [-0.15, -0.1) is 0 Å². The van der Waals surface area contributed by atoms with Crippen LogP contribution < -0.4 is 0 Å². The van der Waals surface area contributed by atoms with Gasteiger partial charge in [0.2, 0.25) is 0 Å². The molecule has 26 heavy (non-hydrogen) atoms. The van der Waals surface area contributed by atoms with Crippen molar-refractivity contribution in [2.24, 2.45) is 0 Å². The number of benzene rings is 2. The largest absolute Gasteiger partial charge is 0.506 e. The minimum Gasteiger partial charge on any atom is -0.506 e. The Morgan fingerprint density at radius 1 is 1.12 bits per heavy atom. The highest BCUT2D eigenvalue weighted by Gasteiger charge is 2.35. The molecule has 2 amide bonds. The van der Waals surface area contributed by atoms with Gasteiger partial charge >= 0.3 is 0 Å². The molecule has 1 heterocycles. The summed E-state index contributed by atoms with van der Waals surface area (Å²) in [4.78, 5) is 26.4. The number of phenolic OH excluding ortho intramolecular Hbond substituents is 1. The molecule has 3 rings (SSSR count). The second-order valence-electron chi connectivity index (χ2n) is 5.34. The predicted octanol–water partition coefficient (Wildman–Crippen LogP) is 6.14. The van der Waals surface area contributed by atoms with Crippen LogP contribution in [0.5, 0.6) is 5.75 Å². The first-order valence-corrected chi connectivity index (χ1v) is 10.9. The zero-order valence-electron chi connectivity index (χ0n) is 12.8. The number of thioether (sulfide) groups is 1. The van der Waals surface area contributed by atoms with Crippen LogP contribution in [-0.4, -0.2) is 21.2 Å². The summed E-state index contributed by atoms with van der Waals surface area (Å²) in [6.45, 7) is 0.0860. The monoisotopic (exact) mass is 631 g/mol. The number of hydrogen-bond donors (Lipinski definition) is 1. The Balaban J connectivity index is 1.87. The molecule has 9 heteroatoms. The molecule has 1 saturated heterocycles. The normalized spacial score (nSPS) is 16.0. The van der Waals surface area contributed by atoms with Crippen molar-refractivity contribution in [1.82, 2.24) is 4.90 Å². The zero-order valence-corrected chi connectivity index (χ0v) is 19.4. The highest BCUT2D eigenvalue weighted by molar-refractivity contribution is 14.1. The van der Waals surface area contributed by atoms with Gasteiger partial charge in [-0.2, -0.15) is 0 Å². The van der Waals surface area contributed by atoms with E-state index < -0.39 is 0 Å². The Morgan fingerprint density at radius 3 is 2.38 bits per heavy atom. The maximum absolute atomic E-state index is 12.6. The van der Waals surface area contributed by atoms with E-state index in [1.165, 1.54) is 0 Å². The van der Waals surface area contributed by atoms with Crippen LogP contribution >= 0.6 is 80.1 Å². The molecule has 0 unspecified atom stereocenters. The summed E-state index contributed by atoms with van der Waals surface area (Å²) < 4.78 is 1.35. The van der Waals surface area contributed by atoms with E-state index in [2.05, 4.69) is 0 Å². The smallest absolute Gasteiger partial charge is 0.293 e. The second-order valence-corrected chi connectivity index (χ2v) is 9.50. The molecule has 0 radical (unpaired) electrons. The Morgan fingerprint density at radius 2 is 1.77 bits per heavy atom. The highest BCUT2D eigenvalue weighted by Crippen LogP contribution is 2.36. The summed E-state index contributed by atoms with van der Waals surface area (Å²) in [6.07, 6.45) is 1.65. The molecule has 0 atom stereocenters. The molecule has 0 spiro atoms. The van der Waals surface area contributed by atoms with Gasteiger partial charge in [0.1, 0.15) is 5.75 Å². The van der Waals surface area contributed by atoms with E-state index in [1.807, 2.05) is 45.2 Å². The first-order chi connectivity index (χ1) is 12.3. The van der Waals surface area contributed by atoms with Gasteiger partial charge in [-0.05, 0) is 98.4 Å². The van der Waals surface area contributed by atoms with Crippen LogP contribution in [0.3, 0.4) is 0 Å². The summed E-state index contributed by atoms with van der Waals surface area (Å²) in [6, 6.07) is 8.44. The van der Waals surface area contributed by atoms with Crippen LogP contribution in [0, 0.1) is 7.14 Å². The number of phenols is 1. The topological polar surface area (TPSA) is 57.6 Å². The molecule has 134 valence electrons. The van der Waals surface area contributed by atoms with Crippen molar-refractivity contribution in [3.8, 4) is 5.75 Å². The fraction of sp³-hybridized carbons (Fsp3) is 0.0588. The summed E-state index contributed by atoms with van der Waals surface area (Å²) in [5.74, 6) is -0.169. The number of nitrogens with zero attached hydrogens (tertiary/aromatic N) is 1. The number of hydrogen-bond acceptors (Lipinski definition) is 4. The van der Waals surface area contributed by atoms with Gasteiger partial charge in [0, 0.05) is 10.0 Å². The molecular formula is C17H9Cl2I2NO3S. The number of halogens is 4. The lowest BCUT2D eigenvalue weighted by Gasteiger charge is -2.13. The van der Waals surface area contributed by atoms with Crippen molar-refractivity contribution >= 4 is 97.4 Å².